The Morgan fingerprint density at radius 1 is 1.60 bits per heavy atom. The van der Waals surface area contributed by atoms with E-state index in [1.54, 1.807) is 6.20 Å². The summed E-state index contributed by atoms with van der Waals surface area (Å²) in [5, 5.41) is 2.94. The van der Waals surface area contributed by atoms with E-state index in [2.05, 4.69) is 50.0 Å². The fourth-order valence-electron chi connectivity index (χ4n) is 1.21. The summed E-state index contributed by atoms with van der Waals surface area (Å²) in [6.07, 6.45) is 2.86. The summed E-state index contributed by atoms with van der Waals surface area (Å²) in [6.45, 7) is 4.34. The standard InChI is InChI=1S/C10H17BrN4/c1-5-7(2)15(4)9-8(11)6-13-10(12-3)14-9/h6-7H,5H2,1-4H3,(H,12,13,14). The molecule has 4 nitrogen and oxygen atoms in total. The molecule has 0 fully saturated rings. The first-order valence-electron chi connectivity index (χ1n) is 5.03. The van der Waals surface area contributed by atoms with Gasteiger partial charge in [-0.25, -0.2) is 4.98 Å². The minimum atomic E-state index is 0.459. The lowest BCUT2D eigenvalue weighted by Gasteiger charge is -2.25. The van der Waals surface area contributed by atoms with Crippen molar-refractivity contribution in [2.45, 2.75) is 26.3 Å². The van der Waals surface area contributed by atoms with Crippen LogP contribution < -0.4 is 10.2 Å². The topological polar surface area (TPSA) is 41.1 Å². The van der Waals surface area contributed by atoms with Gasteiger partial charge in [-0.05, 0) is 29.3 Å². The molecule has 0 radical (unpaired) electrons. The molecule has 1 heterocycles. The number of nitrogens with zero attached hydrogens (tertiary/aromatic N) is 3. The predicted octanol–water partition coefficient (Wildman–Crippen LogP) is 2.52. The molecule has 0 spiro atoms. The maximum absolute atomic E-state index is 4.42. The van der Waals surface area contributed by atoms with Gasteiger partial charge in [0.2, 0.25) is 5.95 Å². The largest absolute Gasteiger partial charge is 0.357 e. The molecule has 0 aliphatic heterocycles. The van der Waals surface area contributed by atoms with Crippen LogP contribution in [0.25, 0.3) is 0 Å². The van der Waals surface area contributed by atoms with Crippen LogP contribution in [0, 0.1) is 0 Å². The van der Waals surface area contributed by atoms with E-state index in [1.165, 1.54) is 0 Å². The molecule has 0 saturated carbocycles. The molecule has 0 aliphatic carbocycles. The van der Waals surface area contributed by atoms with Crippen molar-refractivity contribution in [3.63, 3.8) is 0 Å². The van der Waals surface area contributed by atoms with Crippen LogP contribution >= 0.6 is 15.9 Å². The Hall–Kier alpha value is -0.840. The fraction of sp³-hybridized carbons (Fsp3) is 0.600. The smallest absolute Gasteiger partial charge is 0.224 e. The molecule has 1 aromatic heterocycles. The van der Waals surface area contributed by atoms with E-state index in [0.717, 1.165) is 16.7 Å². The number of hydrogen-bond acceptors (Lipinski definition) is 4. The van der Waals surface area contributed by atoms with Gasteiger partial charge in [-0.1, -0.05) is 6.92 Å². The molecule has 84 valence electrons. The normalized spacial score (nSPS) is 12.3. The Labute approximate surface area is 99.2 Å². The highest BCUT2D eigenvalue weighted by Crippen LogP contribution is 2.25. The van der Waals surface area contributed by atoms with Crippen molar-refractivity contribution in [1.82, 2.24) is 9.97 Å². The second kappa shape index (κ2) is 5.30. The number of aromatic nitrogens is 2. The minimum Gasteiger partial charge on any atom is -0.357 e. The van der Waals surface area contributed by atoms with Gasteiger partial charge in [0.15, 0.2) is 0 Å². The second-order valence-electron chi connectivity index (χ2n) is 3.48. The van der Waals surface area contributed by atoms with Crippen molar-refractivity contribution < 1.29 is 0 Å². The van der Waals surface area contributed by atoms with Crippen molar-refractivity contribution in [1.29, 1.82) is 0 Å². The Bertz CT molecular complexity index is 329. The summed E-state index contributed by atoms with van der Waals surface area (Å²) >= 11 is 3.46. The van der Waals surface area contributed by atoms with E-state index in [1.807, 2.05) is 14.1 Å². The van der Waals surface area contributed by atoms with Gasteiger partial charge in [0.25, 0.3) is 0 Å². The molecule has 0 amide bonds. The summed E-state index contributed by atoms with van der Waals surface area (Å²) in [4.78, 5) is 10.7. The first-order valence-corrected chi connectivity index (χ1v) is 5.82. The first-order chi connectivity index (χ1) is 7.10. The molecule has 0 bridgehead atoms. The molecule has 15 heavy (non-hydrogen) atoms. The lowest BCUT2D eigenvalue weighted by molar-refractivity contribution is 0.655. The quantitative estimate of drug-likeness (QED) is 0.915. The van der Waals surface area contributed by atoms with Crippen LogP contribution in [0.5, 0.6) is 0 Å². The summed E-state index contributed by atoms with van der Waals surface area (Å²) in [5.41, 5.74) is 0. The average Bonchev–Trinajstić information content (AvgIpc) is 2.27. The molecule has 0 aliphatic rings. The lowest BCUT2D eigenvalue weighted by atomic mass is 10.2. The van der Waals surface area contributed by atoms with Gasteiger partial charge in [-0.3, -0.25) is 0 Å². The third-order valence-electron chi connectivity index (χ3n) is 2.54. The van der Waals surface area contributed by atoms with Crippen LogP contribution in [0.4, 0.5) is 11.8 Å². The molecular weight excluding hydrogens is 256 g/mol. The lowest BCUT2D eigenvalue weighted by Crippen LogP contribution is -2.29. The predicted molar refractivity (Wildman–Crippen MR) is 67.4 cm³/mol. The molecule has 1 aromatic rings. The summed E-state index contributed by atoms with van der Waals surface area (Å²) in [6, 6.07) is 0.459. The summed E-state index contributed by atoms with van der Waals surface area (Å²) in [7, 11) is 3.86. The van der Waals surface area contributed by atoms with Gasteiger partial charge in [-0.15, -0.1) is 0 Å². The van der Waals surface area contributed by atoms with E-state index in [-0.39, 0.29) is 0 Å². The minimum absolute atomic E-state index is 0.459. The highest BCUT2D eigenvalue weighted by Gasteiger charge is 2.13. The van der Waals surface area contributed by atoms with Gasteiger partial charge in [0.05, 0.1) is 4.47 Å². The van der Waals surface area contributed by atoms with Crippen LogP contribution in [0.15, 0.2) is 10.7 Å². The first kappa shape index (κ1) is 12.2. The van der Waals surface area contributed by atoms with Gasteiger partial charge >= 0.3 is 0 Å². The maximum atomic E-state index is 4.42. The van der Waals surface area contributed by atoms with Crippen LogP contribution in [-0.2, 0) is 0 Å². The van der Waals surface area contributed by atoms with Crippen LogP contribution in [0.3, 0.4) is 0 Å². The van der Waals surface area contributed by atoms with E-state index in [0.29, 0.717) is 12.0 Å². The highest BCUT2D eigenvalue weighted by atomic mass is 79.9. The van der Waals surface area contributed by atoms with Crippen LogP contribution in [0.1, 0.15) is 20.3 Å². The maximum Gasteiger partial charge on any atom is 0.224 e. The molecule has 1 unspecified atom stereocenters. The fourth-order valence-corrected chi connectivity index (χ4v) is 1.68. The number of halogens is 1. The molecular formula is C10H17BrN4. The van der Waals surface area contributed by atoms with Gasteiger partial charge < -0.3 is 10.2 Å². The zero-order chi connectivity index (χ0) is 11.4. The van der Waals surface area contributed by atoms with E-state index in [9.17, 15) is 0 Å². The zero-order valence-corrected chi connectivity index (χ0v) is 11.2. The van der Waals surface area contributed by atoms with Gasteiger partial charge in [-0.2, -0.15) is 4.98 Å². The third-order valence-corrected chi connectivity index (χ3v) is 3.09. The monoisotopic (exact) mass is 272 g/mol. The Morgan fingerprint density at radius 2 is 2.27 bits per heavy atom. The number of hydrogen-bond donors (Lipinski definition) is 1. The SMILES string of the molecule is CCC(C)N(C)c1nc(NC)ncc1Br. The van der Waals surface area contributed by atoms with Crippen LogP contribution in [0.2, 0.25) is 0 Å². The Morgan fingerprint density at radius 3 is 2.80 bits per heavy atom. The highest BCUT2D eigenvalue weighted by molar-refractivity contribution is 9.10. The Balaban J connectivity index is 3.01. The summed E-state index contributed by atoms with van der Waals surface area (Å²) in [5.74, 6) is 1.56. The molecule has 0 saturated heterocycles. The van der Waals surface area contributed by atoms with Crippen molar-refractivity contribution in [3.8, 4) is 0 Å². The summed E-state index contributed by atoms with van der Waals surface area (Å²) < 4.78 is 0.921. The van der Waals surface area contributed by atoms with Gasteiger partial charge in [0.1, 0.15) is 5.82 Å². The van der Waals surface area contributed by atoms with Crippen molar-refractivity contribution in [2.24, 2.45) is 0 Å². The van der Waals surface area contributed by atoms with Crippen molar-refractivity contribution in [2.75, 3.05) is 24.3 Å². The number of anilines is 2. The molecule has 1 N–H and O–H groups in total. The van der Waals surface area contributed by atoms with Crippen LogP contribution in [-0.4, -0.2) is 30.1 Å². The number of rotatable bonds is 4. The molecule has 5 heteroatoms. The zero-order valence-electron chi connectivity index (χ0n) is 9.58. The van der Waals surface area contributed by atoms with Crippen molar-refractivity contribution in [3.05, 3.63) is 10.7 Å². The third kappa shape index (κ3) is 2.81. The van der Waals surface area contributed by atoms with Crippen molar-refractivity contribution >= 4 is 27.7 Å². The van der Waals surface area contributed by atoms with Gasteiger partial charge in [0, 0.05) is 26.3 Å². The van der Waals surface area contributed by atoms with E-state index < -0.39 is 0 Å². The Kier molecular flexibility index (Phi) is 4.32. The molecule has 0 aromatic carbocycles. The average molecular weight is 273 g/mol. The molecule has 1 rings (SSSR count). The molecule has 1 atom stereocenters. The second-order valence-corrected chi connectivity index (χ2v) is 4.34. The van der Waals surface area contributed by atoms with E-state index >= 15 is 0 Å². The van der Waals surface area contributed by atoms with E-state index in [4.69, 9.17) is 0 Å². The number of nitrogens with one attached hydrogen (secondary N) is 1.